The van der Waals surface area contributed by atoms with E-state index in [1.165, 1.54) is 18.1 Å². The molecule has 24 heavy (non-hydrogen) atoms. The summed E-state index contributed by atoms with van der Waals surface area (Å²) in [6, 6.07) is 1.12. The molecule has 1 aromatic rings. The van der Waals surface area contributed by atoms with Gasteiger partial charge in [-0.2, -0.15) is 0 Å². The van der Waals surface area contributed by atoms with Gasteiger partial charge in [0.25, 0.3) is 5.91 Å². The average molecular weight is 334 g/mol. The number of carbonyl (C=O) groups excluding carboxylic acids is 3. The van der Waals surface area contributed by atoms with Gasteiger partial charge < -0.3 is 14.5 Å². The fourth-order valence-corrected chi connectivity index (χ4v) is 3.73. The predicted octanol–water partition coefficient (Wildman–Crippen LogP) is 2.38. The zero-order chi connectivity index (χ0) is 17.5. The molecule has 3 rings (SSSR count). The minimum Gasteiger partial charge on any atom is -0.465 e. The second-order valence-electron chi connectivity index (χ2n) is 6.61. The van der Waals surface area contributed by atoms with E-state index in [0.29, 0.717) is 23.5 Å². The molecule has 3 amide bonds. The van der Waals surface area contributed by atoms with Crippen molar-refractivity contribution in [2.75, 3.05) is 7.11 Å². The zero-order valence-electron chi connectivity index (χ0n) is 14.2. The van der Waals surface area contributed by atoms with Crippen LogP contribution in [0.5, 0.6) is 0 Å². The van der Waals surface area contributed by atoms with Gasteiger partial charge in [0.05, 0.1) is 13.7 Å². The molecule has 2 heterocycles. The Kier molecular flexibility index (Phi) is 4.11. The van der Waals surface area contributed by atoms with Gasteiger partial charge in [-0.15, -0.1) is 0 Å². The Bertz CT molecular complexity index is 695. The van der Waals surface area contributed by atoms with Crippen LogP contribution >= 0.6 is 0 Å². The summed E-state index contributed by atoms with van der Waals surface area (Å²) >= 11 is 0. The number of ether oxygens (including phenoxy) is 1. The van der Waals surface area contributed by atoms with E-state index in [9.17, 15) is 14.4 Å². The van der Waals surface area contributed by atoms with Gasteiger partial charge in [0.1, 0.15) is 22.6 Å². The summed E-state index contributed by atoms with van der Waals surface area (Å²) in [4.78, 5) is 38.1. The first-order chi connectivity index (χ1) is 11.4. The highest BCUT2D eigenvalue weighted by Gasteiger charge is 2.54. The van der Waals surface area contributed by atoms with Crippen molar-refractivity contribution < 1.29 is 23.5 Å². The highest BCUT2D eigenvalue weighted by Crippen LogP contribution is 2.38. The molecule has 1 saturated carbocycles. The number of amides is 3. The van der Waals surface area contributed by atoms with Crippen molar-refractivity contribution in [3.05, 3.63) is 23.2 Å². The topological polar surface area (TPSA) is 88.9 Å². The van der Waals surface area contributed by atoms with Gasteiger partial charge in [-0.3, -0.25) is 9.69 Å². The van der Waals surface area contributed by atoms with Crippen molar-refractivity contribution >= 4 is 17.9 Å². The van der Waals surface area contributed by atoms with Crippen LogP contribution in [0.3, 0.4) is 0 Å². The molecule has 1 spiro atoms. The van der Waals surface area contributed by atoms with Gasteiger partial charge in [0.2, 0.25) is 0 Å². The number of methoxy groups -OCH3 is 1. The Labute approximate surface area is 140 Å². The molecule has 2 aliphatic rings. The van der Waals surface area contributed by atoms with Gasteiger partial charge in [0, 0.05) is 0 Å². The number of rotatable bonds is 3. The highest BCUT2D eigenvalue weighted by molar-refractivity contribution is 6.07. The van der Waals surface area contributed by atoms with Crippen molar-refractivity contribution in [3.63, 3.8) is 0 Å². The summed E-state index contributed by atoms with van der Waals surface area (Å²) in [6.07, 6.45) is 3.59. The number of esters is 1. The lowest BCUT2D eigenvalue weighted by atomic mass is 9.73. The van der Waals surface area contributed by atoms with Crippen LogP contribution in [0.1, 0.15) is 54.5 Å². The number of carbonyl (C=O) groups is 3. The molecule has 7 heteroatoms. The van der Waals surface area contributed by atoms with Gasteiger partial charge in [-0.25, -0.2) is 9.59 Å². The van der Waals surface area contributed by atoms with Gasteiger partial charge >= 0.3 is 12.0 Å². The molecule has 130 valence electrons. The smallest absolute Gasteiger partial charge is 0.341 e. The first kappa shape index (κ1) is 16.5. The van der Waals surface area contributed by atoms with Crippen LogP contribution in [0, 0.1) is 12.8 Å². The van der Waals surface area contributed by atoms with Gasteiger partial charge in [-0.1, -0.05) is 19.8 Å². The van der Waals surface area contributed by atoms with Gasteiger partial charge in [-0.05, 0) is 31.7 Å². The molecule has 1 aliphatic heterocycles. The van der Waals surface area contributed by atoms with E-state index in [2.05, 4.69) is 10.1 Å². The molecule has 2 atom stereocenters. The Morgan fingerprint density at radius 3 is 2.88 bits per heavy atom. The van der Waals surface area contributed by atoms with Crippen molar-refractivity contribution in [1.82, 2.24) is 10.2 Å². The minimum atomic E-state index is -0.790. The largest absolute Gasteiger partial charge is 0.465 e. The molecule has 0 bridgehead atoms. The van der Waals surface area contributed by atoms with E-state index < -0.39 is 17.5 Å². The molecule has 7 nitrogen and oxygen atoms in total. The molecule has 0 radical (unpaired) electrons. The third-order valence-corrected chi connectivity index (χ3v) is 5.19. The molecule has 0 unspecified atom stereocenters. The SMILES string of the molecule is COC(=O)c1cc(CN2C(=O)N[C@]3(CCCC[C@H]3C)C2=O)oc1C. The van der Waals surface area contributed by atoms with Crippen LogP contribution in [0.4, 0.5) is 4.79 Å². The quantitative estimate of drug-likeness (QED) is 0.677. The van der Waals surface area contributed by atoms with Crippen molar-refractivity contribution in [1.29, 1.82) is 0 Å². The van der Waals surface area contributed by atoms with E-state index in [-0.39, 0.29) is 18.4 Å². The van der Waals surface area contributed by atoms with Crippen LogP contribution in [0.2, 0.25) is 0 Å². The third kappa shape index (κ3) is 2.48. The molecule has 0 aromatic carbocycles. The Morgan fingerprint density at radius 1 is 1.46 bits per heavy atom. The van der Waals surface area contributed by atoms with E-state index >= 15 is 0 Å². The molecule has 1 aromatic heterocycles. The molecular formula is C17H22N2O5. The van der Waals surface area contributed by atoms with E-state index in [1.807, 2.05) is 6.92 Å². The predicted molar refractivity (Wildman–Crippen MR) is 84.2 cm³/mol. The van der Waals surface area contributed by atoms with Crippen LogP contribution in [0.25, 0.3) is 0 Å². The van der Waals surface area contributed by atoms with E-state index in [4.69, 9.17) is 4.42 Å². The van der Waals surface area contributed by atoms with E-state index in [1.54, 1.807) is 6.92 Å². The lowest BCUT2D eigenvalue weighted by molar-refractivity contribution is -0.134. The molecule has 1 saturated heterocycles. The van der Waals surface area contributed by atoms with Crippen molar-refractivity contribution in [2.24, 2.45) is 5.92 Å². The lowest BCUT2D eigenvalue weighted by Crippen LogP contribution is -2.53. The first-order valence-corrected chi connectivity index (χ1v) is 8.21. The Balaban J connectivity index is 1.82. The normalized spacial score (nSPS) is 26.8. The Hall–Kier alpha value is -2.31. The van der Waals surface area contributed by atoms with Crippen molar-refractivity contribution in [3.8, 4) is 0 Å². The maximum absolute atomic E-state index is 12.9. The summed E-state index contributed by atoms with van der Waals surface area (Å²) in [5.74, 6) is 0.198. The summed E-state index contributed by atoms with van der Waals surface area (Å²) in [7, 11) is 1.29. The second-order valence-corrected chi connectivity index (χ2v) is 6.61. The fourth-order valence-electron chi connectivity index (χ4n) is 3.73. The van der Waals surface area contributed by atoms with Crippen LogP contribution < -0.4 is 5.32 Å². The zero-order valence-corrected chi connectivity index (χ0v) is 14.2. The van der Waals surface area contributed by atoms with Crippen LogP contribution in [-0.4, -0.2) is 35.5 Å². The average Bonchev–Trinajstić information content (AvgIpc) is 3.03. The first-order valence-electron chi connectivity index (χ1n) is 8.21. The number of nitrogens with zero attached hydrogens (tertiary/aromatic N) is 1. The maximum Gasteiger partial charge on any atom is 0.341 e. The number of hydrogen-bond donors (Lipinski definition) is 1. The van der Waals surface area contributed by atoms with Crippen molar-refractivity contribution in [2.45, 2.75) is 51.6 Å². The number of urea groups is 1. The second kappa shape index (κ2) is 5.96. The number of furan rings is 1. The molecule has 2 fully saturated rings. The summed E-state index contributed by atoms with van der Waals surface area (Å²) in [6.45, 7) is 3.66. The van der Waals surface area contributed by atoms with Crippen LogP contribution in [-0.2, 0) is 16.1 Å². The summed E-state index contributed by atoms with van der Waals surface area (Å²) in [5, 5.41) is 2.90. The monoisotopic (exact) mass is 334 g/mol. The summed E-state index contributed by atoms with van der Waals surface area (Å²) in [5.41, 5.74) is -0.484. The number of aryl methyl sites for hydroxylation is 1. The standard InChI is InChI=1S/C17H22N2O5/c1-10-6-4-5-7-17(10)15(21)19(16(22)18-17)9-12-8-13(11(2)24-12)14(20)23-3/h8,10H,4-7,9H2,1-3H3,(H,18,22)/t10-,17+/m1/s1. The molecule has 1 aliphatic carbocycles. The fraction of sp³-hybridized carbons (Fsp3) is 0.588. The lowest BCUT2D eigenvalue weighted by Gasteiger charge is -2.36. The van der Waals surface area contributed by atoms with Gasteiger partial charge in [0.15, 0.2) is 0 Å². The molecular weight excluding hydrogens is 312 g/mol. The Morgan fingerprint density at radius 2 is 2.21 bits per heavy atom. The number of nitrogens with one attached hydrogen (secondary N) is 1. The highest BCUT2D eigenvalue weighted by atomic mass is 16.5. The van der Waals surface area contributed by atoms with Crippen LogP contribution in [0.15, 0.2) is 10.5 Å². The number of hydrogen-bond acceptors (Lipinski definition) is 5. The summed E-state index contributed by atoms with van der Waals surface area (Å²) < 4.78 is 10.2. The maximum atomic E-state index is 12.9. The molecule has 1 N–H and O–H groups in total. The minimum absolute atomic E-state index is 0.0109. The number of imide groups is 1. The van der Waals surface area contributed by atoms with E-state index in [0.717, 1.165) is 19.3 Å². The third-order valence-electron chi connectivity index (χ3n) is 5.19.